The standard InChI is InChI=1S/C58H54S2/c1-37-15-9-21-45(31-37)53-29-27-51(55(47-23-11-17-39(3)33-47)57(53)49-25-13-19-41(5)35-49)43(7)59-60-44(8)52-28-30-54(46-22-10-16-38(2)32-46)58(50-26-14-20-42(6)36-50)56(52)48-24-12-18-40(4)34-48/h9-36,43-44H,1-8H3/t43-,44-/m1/s1. The maximum absolute atomic E-state index is 2.40. The third kappa shape index (κ3) is 8.83. The van der Waals surface area contributed by atoms with Gasteiger partial charge in [-0.15, -0.1) is 0 Å². The second-order valence-corrected chi connectivity index (χ2v) is 19.6. The van der Waals surface area contributed by atoms with E-state index in [1.165, 1.54) is 111 Å². The van der Waals surface area contributed by atoms with Crippen molar-refractivity contribution in [3.05, 3.63) is 214 Å². The minimum Gasteiger partial charge on any atom is -0.0856 e. The van der Waals surface area contributed by atoms with Crippen LogP contribution in [0, 0.1) is 41.5 Å². The molecule has 0 unspecified atom stereocenters. The summed E-state index contributed by atoms with van der Waals surface area (Å²) >= 11 is 0. The fourth-order valence-electron chi connectivity index (χ4n) is 8.72. The first-order chi connectivity index (χ1) is 29.0. The van der Waals surface area contributed by atoms with E-state index in [9.17, 15) is 0 Å². The van der Waals surface area contributed by atoms with E-state index in [0.717, 1.165) is 0 Å². The maximum Gasteiger partial charge on any atom is 0.0379 e. The zero-order valence-corrected chi connectivity index (χ0v) is 37.8. The smallest absolute Gasteiger partial charge is 0.0379 e. The van der Waals surface area contributed by atoms with Crippen LogP contribution in [0.4, 0.5) is 0 Å². The van der Waals surface area contributed by atoms with E-state index in [1.807, 2.05) is 21.6 Å². The van der Waals surface area contributed by atoms with Crippen LogP contribution in [-0.4, -0.2) is 0 Å². The monoisotopic (exact) mass is 814 g/mol. The van der Waals surface area contributed by atoms with Crippen molar-refractivity contribution in [2.45, 2.75) is 65.9 Å². The fraction of sp³-hybridized carbons (Fsp3) is 0.172. The number of aryl methyl sites for hydroxylation is 6. The summed E-state index contributed by atoms with van der Waals surface area (Å²) in [4.78, 5) is 0. The summed E-state index contributed by atoms with van der Waals surface area (Å²) in [5.74, 6) is 0. The summed E-state index contributed by atoms with van der Waals surface area (Å²) in [5, 5.41) is 0.404. The van der Waals surface area contributed by atoms with Crippen molar-refractivity contribution >= 4 is 21.6 Å². The quantitative estimate of drug-likeness (QED) is 0.119. The lowest BCUT2D eigenvalue weighted by atomic mass is 9.83. The van der Waals surface area contributed by atoms with Gasteiger partial charge in [0.1, 0.15) is 0 Å². The molecular formula is C58H54S2. The normalized spacial score (nSPS) is 12.3. The predicted molar refractivity (Wildman–Crippen MR) is 266 cm³/mol. The Morgan fingerprint density at radius 1 is 0.283 bits per heavy atom. The van der Waals surface area contributed by atoms with E-state index in [-0.39, 0.29) is 10.5 Å². The number of rotatable bonds is 11. The molecule has 0 saturated heterocycles. The average molecular weight is 815 g/mol. The molecule has 0 nitrogen and oxygen atoms in total. The third-order valence-corrected chi connectivity index (χ3v) is 14.8. The summed E-state index contributed by atoms with van der Waals surface area (Å²) in [7, 11) is 3.97. The first-order valence-electron chi connectivity index (χ1n) is 21.1. The first kappa shape index (κ1) is 41.2. The molecule has 2 heteroatoms. The van der Waals surface area contributed by atoms with E-state index in [2.05, 4.69) is 225 Å². The number of benzene rings is 8. The largest absolute Gasteiger partial charge is 0.0856 e. The van der Waals surface area contributed by atoms with E-state index >= 15 is 0 Å². The highest BCUT2D eigenvalue weighted by Gasteiger charge is 2.25. The molecule has 0 spiro atoms. The maximum atomic E-state index is 2.40. The molecule has 0 bridgehead atoms. The van der Waals surface area contributed by atoms with Gasteiger partial charge >= 0.3 is 0 Å². The molecule has 0 radical (unpaired) electrons. The van der Waals surface area contributed by atoms with Crippen LogP contribution < -0.4 is 0 Å². The lowest BCUT2D eigenvalue weighted by molar-refractivity contribution is 1.10. The Morgan fingerprint density at radius 2 is 0.533 bits per heavy atom. The van der Waals surface area contributed by atoms with Gasteiger partial charge in [-0.1, -0.05) is 225 Å². The van der Waals surface area contributed by atoms with Crippen LogP contribution in [0.25, 0.3) is 66.8 Å². The Balaban J connectivity index is 1.26. The molecular weight excluding hydrogens is 761 g/mol. The van der Waals surface area contributed by atoms with Crippen molar-refractivity contribution in [1.29, 1.82) is 0 Å². The lowest BCUT2D eigenvalue weighted by Gasteiger charge is -2.26. The van der Waals surface area contributed by atoms with Crippen molar-refractivity contribution in [3.8, 4) is 66.8 Å². The molecule has 0 amide bonds. The first-order valence-corrected chi connectivity index (χ1v) is 23.4. The molecule has 8 aromatic carbocycles. The molecule has 0 saturated carbocycles. The van der Waals surface area contributed by atoms with Crippen LogP contribution in [0.3, 0.4) is 0 Å². The molecule has 0 aliphatic rings. The molecule has 8 rings (SSSR count). The minimum absolute atomic E-state index is 0.202. The highest BCUT2D eigenvalue weighted by molar-refractivity contribution is 8.76. The van der Waals surface area contributed by atoms with Gasteiger partial charge in [0.2, 0.25) is 0 Å². The van der Waals surface area contributed by atoms with Crippen LogP contribution >= 0.6 is 21.6 Å². The Bertz CT molecular complexity index is 2630. The van der Waals surface area contributed by atoms with Gasteiger partial charge in [0.15, 0.2) is 0 Å². The van der Waals surface area contributed by atoms with Crippen molar-refractivity contribution in [2.24, 2.45) is 0 Å². The molecule has 0 aromatic heterocycles. The molecule has 0 aliphatic heterocycles. The molecule has 0 aliphatic carbocycles. The minimum atomic E-state index is 0.202. The summed E-state index contributed by atoms with van der Waals surface area (Å²) < 4.78 is 0. The van der Waals surface area contributed by atoms with Crippen molar-refractivity contribution in [2.75, 3.05) is 0 Å². The Hall–Kier alpha value is -5.54. The van der Waals surface area contributed by atoms with Crippen molar-refractivity contribution < 1.29 is 0 Å². The second kappa shape index (κ2) is 18.0. The fourth-order valence-corrected chi connectivity index (χ4v) is 11.3. The second-order valence-electron chi connectivity index (χ2n) is 16.6. The summed E-state index contributed by atoms with van der Waals surface area (Å²) in [6.07, 6.45) is 0. The molecule has 60 heavy (non-hydrogen) atoms. The summed E-state index contributed by atoms with van der Waals surface area (Å²) in [6, 6.07) is 63.7. The molecule has 2 atom stereocenters. The van der Waals surface area contributed by atoms with Gasteiger partial charge in [0, 0.05) is 10.5 Å². The van der Waals surface area contributed by atoms with Gasteiger partial charge in [-0.05, 0) is 133 Å². The Kier molecular flexibility index (Phi) is 12.3. The van der Waals surface area contributed by atoms with Gasteiger partial charge in [0.25, 0.3) is 0 Å². The number of hydrogen-bond donors (Lipinski definition) is 0. The van der Waals surface area contributed by atoms with Crippen LogP contribution in [0.5, 0.6) is 0 Å². The molecule has 0 heterocycles. The molecule has 298 valence electrons. The summed E-state index contributed by atoms with van der Waals surface area (Å²) in [5.41, 5.74) is 25.6. The lowest BCUT2D eigenvalue weighted by Crippen LogP contribution is -2.01. The topological polar surface area (TPSA) is 0 Å². The van der Waals surface area contributed by atoms with Crippen LogP contribution in [0.1, 0.15) is 68.9 Å². The van der Waals surface area contributed by atoms with Gasteiger partial charge in [0.05, 0.1) is 0 Å². The van der Waals surface area contributed by atoms with E-state index < -0.39 is 0 Å². The number of hydrogen-bond acceptors (Lipinski definition) is 2. The summed E-state index contributed by atoms with van der Waals surface area (Å²) in [6.45, 7) is 18.0. The Morgan fingerprint density at radius 3 is 0.817 bits per heavy atom. The van der Waals surface area contributed by atoms with Crippen molar-refractivity contribution in [3.63, 3.8) is 0 Å². The van der Waals surface area contributed by atoms with Gasteiger partial charge in [-0.2, -0.15) is 0 Å². The van der Waals surface area contributed by atoms with Gasteiger partial charge in [-0.25, -0.2) is 0 Å². The molecule has 0 fully saturated rings. The average Bonchev–Trinajstić information content (AvgIpc) is 3.24. The SMILES string of the molecule is Cc1cccc(-c2ccc([C@@H](C)SS[C@H](C)c3ccc(-c4cccc(C)c4)c(-c4cccc(C)c4)c3-c3cccc(C)c3)c(-c3cccc(C)c3)c2-c2cccc(C)c2)c1. The van der Waals surface area contributed by atoms with E-state index in [0.29, 0.717) is 0 Å². The van der Waals surface area contributed by atoms with Crippen molar-refractivity contribution in [1.82, 2.24) is 0 Å². The third-order valence-electron chi connectivity index (χ3n) is 11.6. The van der Waals surface area contributed by atoms with E-state index in [1.54, 1.807) is 0 Å². The zero-order chi connectivity index (χ0) is 41.9. The van der Waals surface area contributed by atoms with Crippen LogP contribution in [0.2, 0.25) is 0 Å². The predicted octanol–water partition coefficient (Wildman–Crippen LogP) is 17.7. The van der Waals surface area contributed by atoms with Gasteiger partial charge < -0.3 is 0 Å². The molecule has 8 aromatic rings. The van der Waals surface area contributed by atoms with Gasteiger partial charge in [-0.3, -0.25) is 0 Å². The zero-order valence-electron chi connectivity index (χ0n) is 36.1. The molecule has 0 N–H and O–H groups in total. The van der Waals surface area contributed by atoms with Crippen LogP contribution in [-0.2, 0) is 0 Å². The highest BCUT2D eigenvalue weighted by atomic mass is 33.1. The Labute approximate surface area is 366 Å². The highest BCUT2D eigenvalue weighted by Crippen LogP contribution is 2.54. The van der Waals surface area contributed by atoms with Crippen LogP contribution in [0.15, 0.2) is 170 Å². The van der Waals surface area contributed by atoms with E-state index in [4.69, 9.17) is 0 Å².